The first kappa shape index (κ1) is 37.0. The van der Waals surface area contributed by atoms with Gasteiger partial charge >= 0.3 is 17.9 Å². The number of anilines is 1. The van der Waals surface area contributed by atoms with Crippen molar-refractivity contribution in [3.8, 4) is 0 Å². The molecule has 1 aliphatic rings. The van der Waals surface area contributed by atoms with Crippen LogP contribution in [0.15, 0.2) is 129 Å². The Morgan fingerprint density at radius 3 is 1.80 bits per heavy atom. The van der Waals surface area contributed by atoms with Crippen molar-refractivity contribution >= 4 is 88.6 Å². The van der Waals surface area contributed by atoms with Gasteiger partial charge in [0.05, 0.1) is 23.0 Å². The van der Waals surface area contributed by atoms with Gasteiger partial charge in [-0.1, -0.05) is 54.6 Å². The third-order valence-electron chi connectivity index (χ3n) is 8.33. The minimum Gasteiger partial charge on any atom is -0.459 e. The number of benzene rings is 4. The summed E-state index contributed by atoms with van der Waals surface area (Å²) in [7, 11) is 0. The molecule has 4 aromatic carbocycles. The average Bonchev–Trinajstić information content (AvgIpc) is 3.76. The fourth-order valence-electron chi connectivity index (χ4n) is 5.72. The first-order valence-electron chi connectivity index (χ1n) is 16.2. The third-order valence-corrected chi connectivity index (χ3v) is 10.4. The van der Waals surface area contributed by atoms with E-state index in [9.17, 15) is 19.2 Å². The number of halogens is 3. The average molecular weight is 920 g/mol. The number of rotatable bonds is 10. The van der Waals surface area contributed by atoms with E-state index in [-0.39, 0.29) is 33.7 Å². The number of imidazole rings is 1. The molecule has 13 nitrogen and oxygen atoms in total. The number of aromatic nitrogens is 4. The Hall–Kier alpha value is -5.29. The molecule has 1 fully saturated rings. The summed E-state index contributed by atoms with van der Waals surface area (Å²) in [5.74, 6) is -2.50. The van der Waals surface area contributed by atoms with Crippen LogP contribution in [-0.4, -0.2) is 68.3 Å². The molecule has 1 saturated heterocycles. The Bertz CT molecular complexity index is 2380. The number of ether oxygens (including phenoxy) is 4. The quantitative estimate of drug-likeness (QED) is 0.107. The van der Waals surface area contributed by atoms with E-state index < -0.39 is 55.0 Å². The van der Waals surface area contributed by atoms with E-state index in [0.29, 0.717) is 19.0 Å². The van der Waals surface area contributed by atoms with E-state index in [1.807, 2.05) is 0 Å². The molecule has 1 N–H and O–H groups in total. The monoisotopic (exact) mass is 917 g/mol. The summed E-state index contributed by atoms with van der Waals surface area (Å²) in [4.78, 5) is 67.0. The molecule has 3 heterocycles. The lowest BCUT2D eigenvalue weighted by Crippen LogP contribution is -2.41. The molecule has 0 radical (unpaired) electrons. The lowest BCUT2D eigenvalue weighted by atomic mass is 10.1. The van der Waals surface area contributed by atoms with Crippen molar-refractivity contribution in [2.75, 3.05) is 11.9 Å². The van der Waals surface area contributed by atoms with Gasteiger partial charge in [-0.2, -0.15) is 0 Å². The van der Waals surface area contributed by atoms with Gasteiger partial charge < -0.3 is 24.3 Å². The highest BCUT2D eigenvalue weighted by atomic mass is 79.9. The molecule has 0 bridgehead atoms. The molecule has 1 aliphatic heterocycles. The standard InChI is InChI=1S/C38H26Br3N5O8/c39-25-15-7-4-12-22(25)36(48)51-18-28-30(53-37(49)23-13-5-8-16-26(23)40)31(54-38(50)24-14-6-9-17-27(24)41)35(52-28)46-20-44-29-32(42-19-43-33(29)46)45-34(47)21-10-2-1-3-11-21/h1-17,19-20,28,30-31,35H,18H2,(H,42,43,45,47)/t28-,30+,31+,35+/m0/s1. The maximum Gasteiger partial charge on any atom is 0.339 e. The Labute approximate surface area is 332 Å². The lowest BCUT2D eigenvalue weighted by Gasteiger charge is -2.25. The van der Waals surface area contributed by atoms with Crippen LogP contribution in [0.2, 0.25) is 0 Å². The van der Waals surface area contributed by atoms with Crippen molar-refractivity contribution in [2.24, 2.45) is 0 Å². The number of esters is 3. The van der Waals surface area contributed by atoms with Crippen molar-refractivity contribution in [1.29, 1.82) is 0 Å². The number of carbonyl (C=O) groups excluding carboxylic acids is 4. The van der Waals surface area contributed by atoms with Crippen LogP contribution in [0.4, 0.5) is 5.82 Å². The van der Waals surface area contributed by atoms with Crippen LogP contribution in [0.5, 0.6) is 0 Å². The summed E-state index contributed by atoms with van der Waals surface area (Å²) in [6.07, 6.45) is -2.47. The van der Waals surface area contributed by atoms with Crippen LogP contribution in [0.25, 0.3) is 11.2 Å². The van der Waals surface area contributed by atoms with E-state index in [0.717, 1.165) is 0 Å². The predicted octanol–water partition coefficient (Wildman–Crippen LogP) is 7.57. The first-order valence-corrected chi connectivity index (χ1v) is 18.6. The number of nitrogens with one attached hydrogen (secondary N) is 1. The number of nitrogens with zero attached hydrogens (tertiary/aromatic N) is 4. The van der Waals surface area contributed by atoms with Crippen molar-refractivity contribution in [3.63, 3.8) is 0 Å². The summed E-state index contributed by atoms with van der Waals surface area (Å²) in [5, 5.41) is 2.76. The van der Waals surface area contributed by atoms with Crippen LogP contribution in [0.1, 0.15) is 47.7 Å². The van der Waals surface area contributed by atoms with Crippen molar-refractivity contribution in [3.05, 3.63) is 151 Å². The zero-order valence-corrected chi connectivity index (χ0v) is 32.4. The van der Waals surface area contributed by atoms with E-state index in [1.165, 1.54) is 17.2 Å². The Morgan fingerprint density at radius 1 is 0.667 bits per heavy atom. The van der Waals surface area contributed by atoms with Gasteiger partial charge in [-0.25, -0.2) is 29.3 Å². The zero-order valence-electron chi connectivity index (χ0n) is 27.7. The third kappa shape index (κ3) is 7.82. The first-order chi connectivity index (χ1) is 26.2. The Kier molecular flexibility index (Phi) is 11.2. The SMILES string of the molecule is O=C(Nc1ncnc2c1ncn2[C@@H]1O[C@@H](COC(=O)c2ccccc2Br)[C@@H](OC(=O)c2ccccc2Br)[C@H]1OC(=O)c1ccccc1Br)c1ccccc1. The molecular formula is C38H26Br3N5O8. The summed E-state index contributed by atoms with van der Waals surface area (Å²) >= 11 is 10.2. The van der Waals surface area contributed by atoms with E-state index in [1.54, 1.807) is 103 Å². The van der Waals surface area contributed by atoms with Crippen LogP contribution >= 0.6 is 47.8 Å². The number of hydrogen-bond acceptors (Lipinski definition) is 11. The largest absolute Gasteiger partial charge is 0.459 e. The minimum absolute atomic E-state index is 0.114. The second kappa shape index (κ2) is 16.4. The Morgan fingerprint density at radius 2 is 1.20 bits per heavy atom. The molecular weight excluding hydrogens is 894 g/mol. The molecule has 4 atom stereocenters. The molecule has 1 amide bonds. The van der Waals surface area contributed by atoms with Crippen LogP contribution in [0, 0.1) is 0 Å². The number of amides is 1. The summed E-state index contributed by atoms with van der Waals surface area (Å²) < 4.78 is 27.3. The molecule has 54 heavy (non-hydrogen) atoms. The molecule has 272 valence electrons. The number of hydrogen-bond donors (Lipinski definition) is 1. The maximum absolute atomic E-state index is 13.8. The molecule has 0 unspecified atom stereocenters. The smallest absolute Gasteiger partial charge is 0.339 e. The van der Waals surface area contributed by atoms with Gasteiger partial charge in [-0.05, 0) is 96.3 Å². The second-order valence-electron chi connectivity index (χ2n) is 11.7. The van der Waals surface area contributed by atoms with Gasteiger partial charge in [0.2, 0.25) is 0 Å². The minimum atomic E-state index is -1.35. The van der Waals surface area contributed by atoms with Crippen LogP contribution in [-0.2, 0) is 18.9 Å². The topological polar surface area (TPSA) is 161 Å². The van der Waals surface area contributed by atoms with E-state index >= 15 is 0 Å². The molecule has 16 heteroatoms. The highest BCUT2D eigenvalue weighted by Gasteiger charge is 2.52. The summed E-state index contributed by atoms with van der Waals surface area (Å²) in [6.45, 7) is -0.409. The summed E-state index contributed by atoms with van der Waals surface area (Å²) in [6, 6.07) is 28.6. The van der Waals surface area contributed by atoms with E-state index in [2.05, 4.69) is 68.1 Å². The Balaban J connectivity index is 1.27. The molecule has 6 aromatic rings. The normalized spacial score (nSPS) is 17.8. The molecule has 0 saturated carbocycles. The molecule has 7 rings (SSSR count). The zero-order chi connectivity index (χ0) is 37.8. The van der Waals surface area contributed by atoms with Crippen LogP contribution < -0.4 is 5.32 Å². The van der Waals surface area contributed by atoms with Gasteiger partial charge in [-0.3, -0.25) is 9.36 Å². The maximum atomic E-state index is 13.8. The highest BCUT2D eigenvalue weighted by molar-refractivity contribution is 9.11. The molecule has 0 spiro atoms. The lowest BCUT2D eigenvalue weighted by molar-refractivity contribution is -0.0606. The van der Waals surface area contributed by atoms with Gasteiger partial charge in [0.1, 0.15) is 19.0 Å². The predicted molar refractivity (Wildman–Crippen MR) is 205 cm³/mol. The number of fused-ring (bicyclic) bond motifs is 1. The molecule has 2 aromatic heterocycles. The van der Waals surface area contributed by atoms with Crippen molar-refractivity contribution in [1.82, 2.24) is 19.5 Å². The van der Waals surface area contributed by atoms with Gasteiger partial charge in [-0.15, -0.1) is 0 Å². The fraction of sp³-hybridized carbons (Fsp3) is 0.132. The van der Waals surface area contributed by atoms with Gasteiger partial charge in [0, 0.05) is 19.0 Å². The summed E-state index contributed by atoms with van der Waals surface area (Å²) in [5.41, 5.74) is 1.44. The highest BCUT2D eigenvalue weighted by Crippen LogP contribution is 2.38. The van der Waals surface area contributed by atoms with Crippen molar-refractivity contribution in [2.45, 2.75) is 24.5 Å². The fourth-order valence-corrected chi connectivity index (χ4v) is 7.06. The molecule has 0 aliphatic carbocycles. The van der Waals surface area contributed by atoms with E-state index in [4.69, 9.17) is 18.9 Å². The van der Waals surface area contributed by atoms with Crippen molar-refractivity contribution < 1.29 is 38.1 Å². The van der Waals surface area contributed by atoms with Crippen LogP contribution in [0.3, 0.4) is 0 Å². The van der Waals surface area contributed by atoms with Gasteiger partial charge in [0.15, 0.2) is 35.4 Å². The van der Waals surface area contributed by atoms with Gasteiger partial charge in [0.25, 0.3) is 5.91 Å². The number of carbonyl (C=O) groups is 4. The second-order valence-corrected chi connectivity index (χ2v) is 14.3.